The van der Waals surface area contributed by atoms with Crippen molar-refractivity contribution in [1.29, 1.82) is 0 Å². The van der Waals surface area contributed by atoms with Gasteiger partial charge in [-0.25, -0.2) is 0 Å². The van der Waals surface area contributed by atoms with Crippen molar-refractivity contribution >= 4 is 0 Å². The topological polar surface area (TPSA) is 21.3 Å². The van der Waals surface area contributed by atoms with Crippen LogP contribution in [0.3, 0.4) is 0 Å². The number of rotatable bonds is 9. The summed E-state index contributed by atoms with van der Waals surface area (Å²) in [4.78, 5) is 0. The first-order valence-electron chi connectivity index (χ1n) is 6.36. The van der Waals surface area contributed by atoms with Crippen LogP contribution >= 0.6 is 0 Å². The smallest absolute Gasteiger partial charge is 0.0543 e. The van der Waals surface area contributed by atoms with E-state index in [9.17, 15) is 0 Å². The predicted octanol–water partition coefficient (Wildman–Crippen LogP) is 3.22. The third kappa shape index (κ3) is 8.88. The lowest BCUT2D eigenvalue weighted by Crippen LogP contribution is -2.32. The number of methoxy groups -OCH3 is 1. The first kappa shape index (κ1) is 14.9. The summed E-state index contributed by atoms with van der Waals surface area (Å²) >= 11 is 0. The van der Waals surface area contributed by atoms with Crippen LogP contribution in [0.1, 0.15) is 53.4 Å². The van der Waals surface area contributed by atoms with Crippen molar-refractivity contribution in [2.75, 3.05) is 13.7 Å². The van der Waals surface area contributed by atoms with Gasteiger partial charge in [0, 0.05) is 13.2 Å². The molecule has 0 aromatic heterocycles. The monoisotopic (exact) mass is 215 g/mol. The highest BCUT2D eigenvalue weighted by Gasteiger charge is 2.11. The normalized spacial score (nSPS) is 15.6. The zero-order chi connectivity index (χ0) is 11.7. The van der Waals surface area contributed by atoms with Gasteiger partial charge in [-0.05, 0) is 45.1 Å². The van der Waals surface area contributed by atoms with Gasteiger partial charge in [0.15, 0.2) is 0 Å². The van der Waals surface area contributed by atoms with Crippen LogP contribution in [0.5, 0.6) is 0 Å². The largest absolute Gasteiger partial charge is 0.382 e. The Labute approximate surface area is 95.8 Å². The van der Waals surface area contributed by atoms with E-state index in [2.05, 4.69) is 33.0 Å². The first-order valence-corrected chi connectivity index (χ1v) is 6.36. The summed E-state index contributed by atoms with van der Waals surface area (Å²) in [6, 6.07) is 0.669. The molecule has 2 nitrogen and oxygen atoms in total. The summed E-state index contributed by atoms with van der Waals surface area (Å²) in [6.45, 7) is 10.1. The third-order valence-corrected chi connectivity index (χ3v) is 2.76. The molecular weight excluding hydrogens is 186 g/mol. The Hall–Kier alpha value is -0.0800. The summed E-state index contributed by atoms with van der Waals surface area (Å²) in [7, 11) is 1.79. The van der Waals surface area contributed by atoms with Crippen molar-refractivity contribution < 1.29 is 4.74 Å². The molecule has 0 aliphatic carbocycles. The van der Waals surface area contributed by atoms with E-state index >= 15 is 0 Å². The average Bonchev–Trinajstić information content (AvgIpc) is 2.20. The first-order chi connectivity index (χ1) is 7.10. The van der Waals surface area contributed by atoms with Gasteiger partial charge in [0.1, 0.15) is 0 Å². The van der Waals surface area contributed by atoms with Gasteiger partial charge in [-0.2, -0.15) is 0 Å². The van der Waals surface area contributed by atoms with E-state index < -0.39 is 0 Å². The summed E-state index contributed by atoms with van der Waals surface area (Å²) in [5.74, 6) is 0.775. The lowest BCUT2D eigenvalue weighted by molar-refractivity contribution is 0.105. The van der Waals surface area contributed by atoms with Gasteiger partial charge in [0.25, 0.3) is 0 Å². The van der Waals surface area contributed by atoms with E-state index in [4.69, 9.17) is 4.74 Å². The van der Waals surface area contributed by atoms with Crippen LogP contribution in [0.2, 0.25) is 0 Å². The molecule has 0 amide bonds. The molecule has 92 valence electrons. The van der Waals surface area contributed by atoms with E-state index in [1.807, 2.05) is 0 Å². The molecule has 15 heavy (non-hydrogen) atoms. The Morgan fingerprint density at radius 1 is 1.13 bits per heavy atom. The second kappa shape index (κ2) is 9.17. The molecule has 0 bridgehead atoms. The maximum absolute atomic E-state index is 5.28. The Morgan fingerprint density at radius 2 is 1.80 bits per heavy atom. The molecule has 1 N–H and O–H groups in total. The van der Waals surface area contributed by atoms with Gasteiger partial charge in [0.05, 0.1) is 6.10 Å². The molecule has 0 rings (SSSR count). The fraction of sp³-hybridized carbons (Fsp3) is 1.00. The van der Waals surface area contributed by atoms with E-state index in [-0.39, 0.29) is 0 Å². The van der Waals surface area contributed by atoms with Crippen molar-refractivity contribution in [3.05, 3.63) is 0 Å². The van der Waals surface area contributed by atoms with Crippen LogP contribution in [-0.2, 0) is 4.74 Å². The predicted molar refractivity (Wildman–Crippen MR) is 67.2 cm³/mol. The average molecular weight is 215 g/mol. The van der Waals surface area contributed by atoms with E-state index in [1.165, 1.54) is 19.3 Å². The second-order valence-electron chi connectivity index (χ2n) is 4.90. The summed E-state index contributed by atoms with van der Waals surface area (Å²) in [5.41, 5.74) is 0. The minimum Gasteiger partial charge on any atom is -0.382 e. The van der Waals surface area contributed by atoms with E-state index in [0.717, 1.165) is 18.9 Å². The molecule has 0 aliphatic rings. The van der Waals surface area contributed by atoms with Crippen molar-refractivity contribution in [2.45, 2.75) is 65.5 Å². The van der Waals surface area contributed by atoms with Crippen LogP contribution in [0.4, 0.5) is 0 Å². The maximum atomic E-state index is 5.28. The Balaban J connectivity index is 3.78. The standard InChI is InChI=1S/C13H29NO/c1-6-9-14-13(10-11(2)3)8-7-12(4)15-5/h11-14H,6-10H2,1-5H3. The van der Waals surface area contributed by atoms with Crippen LogP contribution in [0.25, 0.3) is 0 Å². The van der Waals surface area contributed by atoms with Crippen LogP contribution in [-0.4, -0.2) is 25.8 Å². The zero-order valence-electron chi connectivity index (χ0n) is 11.2. The van der Waals surface area contributed by atoms with Gasteiger partial charge in [-0.15, -0.1) is 0 Å². The van der Waals surface area contributed by atoms with Crippen LogP contribution < -0.4 is 5.32 Å². The highest BCUT2D eigenvalue weighted by Crippen LogP contribution is 2.12. The Kier molecular flexibility index (Phi) is 9.12. The third-order valence-electron chi connectivity index (χ3n) is 2.76. The lowest BCUT2D eigenvalue weighted by Gasteiger charge is -2.21. The summed E-state index contributed by atoms with van der Waals surface area (Å²) in [6.07, 6.45) is 5.27. The SMILES string of the molecule is CCCNC(CCC(C)OC)CC(C)C. The molecule has 0 saturated carbocycles. The molecule has 0 aliphatic heterocycles. The number of hydrogen-bond acceptors (Lipinski definition) is 2. The van der Waals surface area contributed by atoms with Crippen molar-refractivity contribution in [3.8, 4) is 0 Å². The number of hydrogen-bond donors (Lipinski definition) is 1. The molecule has 0 saturated heterocycles. The molecule has 2 heteroatoms. The maximum Gasteiger partial charge on any atom is 0.0543 e. The number of ether oxygens (including phenoxy) is 1. The summed E-state index contributed by atoms with van der Waals surface area (Å²) in [5, 5.41) is 3.62. The highest BCUT2D eigenvalue weighted by atomic mass is 16.5. The lowest BCUT2D eigenvalue weighted by atomic mass is 9.98. The van der Waals surface area contributed by atoms with E-state index in [1.54, 1.807) is 7.11 Å². The van der Waals surface area contributed by atoms with Gasteiger partial charge in [0.2, 0.25) is 0 Å². The van der Waals surface area contributed by atoms with Crippen LogP contribution in [0, 0.1) is 5.92 Å². The Bertz CT molecular complexity index is 136. The fourth-order valence-electron chi connectivity index (χ4n) is 1.77. The minimum atomic E-state index is 0.392. The highest BCUT2D eigenvalue weighted by molar-refractivity contribution is 4.69. The van der Waals surface area contributed by atoms with Crippen LogP contribution in [0.15, 0.2) is 0 Å². The van der Waals surface area contributed by atoms with Crippen molar-refractivity contribution in [2.24, 2.45) is 5.92 Å². The molecule has 0 aromatic carbocycles. The quantitative estimate of drug-likeness (QED) is 0.637. The molecule has 0 aromatic rings. The molecule has 0 spiro atoms. The molecule has 2 atom stereocenters. The van der Waals surface area contributed by atoms with Gasteiger partial charge in [-0.1, -0.05) is 20.8 Å². The van der Waals surface area contributed by atoms with Gasteiger partial charge in [-0.3, -0.25) is 0 Å². The molecule has 0 fully saturated rings. The fourth-order valence-corrected chi connectivity index (χ4v) is 1.77. The zero-order valence-corrected chi connectivity index (χ0v) is 11.2. The minimum absolute atomic E-state index is 0.392. The van der Waals surface area contributed by atoms with E-state index in [0.29, 0.717) is 12.1 Å². The Morgan fingerprint density at radius 3 is 2.27 bits per heavy atom. The summed E-state index contributed by atoms with van der Waals surface area (Å²) < 4.78 is 5.28. The molecule has 0 heterocycles. The molecule has 0 radical (unpaired) electrons. The van der Waals surface area contributed by atoms with Crippen molar-refractivity contribution in [1.82, 2.24) is 5.32 Å². The molecule has 2 unspecified atom stereocenters. The van der Waals surface area contributed by atoms with Crippen molar-refractivity contribution in [3.63, 3.8) is 0 Å². The molecular formula is C13H29NO. The van der Waals surface area contributed by atoms with Gasteiger partial charge < -0.3 is 10.1 Å². The second-order valence-corrected chi connectivity index (χ2v) is 4.90. The number of nitrogens with one attached hydrogen (secondary N) is 1. The van der Waals surface area contributed by atoms with Gasteiger partial charge >= 0.3 is 0 Å².